The van der Waals surface area contributed by atoms with Crippen LogP contribution >= 0.6 is 0 Å². The summed E-state index contributed by atoms with van der Waals surface area (Å²) in [6.07, 6.45) is 7.74. The first-order chi connectivity index (χ1) is 16.4. The number of carbonyl (C=O) groups is 2. The van der Waals surface area contributed by atoms with Crippen LogP contribution in [-0.4, -0.2) is 32.0 Å². The summed E-state index contributed by atoms with van der Waals surface area (Å²) >= 11 is 0. The average molecular weight is 457 g/mol. The molecule has 4 aliphatic rings. The molecule has 0 radical (unpaired) electrons. The monoisotopic (exact) mass is 456 g/mol. The predicted molar refractivity (Wildman–Crippen MR) is 125 cm³/mol. The minimum atomic E-state index is -0.411. The number of hydrogen-bond acceptors (Lipinski definition) is 5. The van der Waals surface area contributed by atoms with E-state index in [9.17, 15) is 9.59 Å². The van der Waals surface area contributed by atoms with Crippen LogP contribution < -0.4 is 10.9 Å². The van der Waals surface area contributed by atoms with Crippen LogP contribution in [0.1, 0.15) is 60.0 Å². The molecule has 8 heteroatoms. The van der Waals surface area contributed by atoms with Gasteiger partial charge in [-0.3, -0.25) is 20.4 Å². The summed E-state index contributed by atoms with van der Waals surface area (Å²) in [6, 6.07) is 15.8. The molecule has 0 spiro atoms. The average Bonchev–Trinajstić information content (AvgIpc) is 3.37. The number of carbonyl (C=O) groups excluding carboxylic acids is 2. The molecular formula is C26H28N6O2. The molecule has 0 saturated heterocycles. The van der Waals surface area contributed by atoms with E-state index in [0.717, 1.165) is 24.9 Å². The van der Waals surface area contributed by atoms with Crippen LogP contribution in [0.3, 0.4) is 0 Å². The number of amides is 2. The van der Waals surface area contributed by atoms with Crippen LogP contribution in [0, 0.1) is 24.2 Å². The molecule has 7 rings (SSSR count). The molecule has 174 valence electrons. The summed E-state index contributed by atoms with van der Waals surface area (Å²) in [4.78, 5) is 26.2. The van der Waals surface area contributed by atoms with Crippen LogP contribution in [0.4, 0.5) is 0 Å². The van der Waals surface area contributed by atoms with Crippen molar-refractivity contribution in [2.24, 2.45) is 17.3 Å². The van der Waals surface area contributed by atoms with Crippen molar-refractivity contribution in [3.8, 4) is 5.69 Å². The summed E-state index contributed by atoms with van der Waals surface area (Å²) in [6.45, 7) is 2.11. The second kappa shape index (κ2) is 7.75. The molecule has 4 fully saturated rings. The van der Waals surface area contributed by atoms with Gasteiger partial charge in [-0.15, -0.1) is 5.10 Å². The second-order valence-corrected chi connectivity index (χ2v) is 10.6. The standard InChI is InChI=1S/C26H28N6O2/c1-17-2-6-21(7-3-17)25-11-18-10-19(12-25)14-26(13-18,15-25)24(34)29-28-23(33)20-4-8-22(9-5-20)32-16-27-30-31-32/h2-9,16,18-19H,10-15H2,1H3,(H,28,33)(H,29,34). The van der Waals surface area contributed by atoms with Crippen LogP contribution in [0.25, 0.3) is 5.69 Å². The van der Waals surface area contributed by atoms with Crippen molar-refractivity contribution in [1.82, 2.24) is 31.1 Å². The largest absolute Gasteiger partial charge is 0.273 e. The van der Waals surface area contributed by atoms with Crippen LogP contribution in [0.15, 0.2) is 54.9 Å². The number of aryl methyl sites for hydroxylation is 1. The molecule has 3 aromatic rings. The highest BCUT2D eigenvalue weighted by Crippen LogP contribution is 2.65. The molecular weight excluding hydrogens is 428 g/mol. The Hall–Kier alpha value is -3.55. The van der Waals surface area contributed by atoms with E-state index in [4.69, 9.17) is 0 Å². The lowest BCUT2D eigenvalue weighted by Crippen LogP contribution is -2.60. The highest BCUT2D eigenvalue weighted by Gasteiger charge is 2.61. The number of rotatable bonds is 4. The minimum absolute atomic E-state index is 0.0447. The Bertz CT molecular complexity index is 1210. The fourth-order valence-corrected chi connectivity index (χ4v) is 7.14. The Morgan fingerprint density at radius 1 is 0.941 bits per heavy atom. The smallest absolute Gasteiger partial charge is 0.269 e. The Balaban J connectivity index is 1.16. The first-order valence-electron chi connectivity index (χ1n) is 12.0. The number of hydrogen-bond donors (Lipinski definition) is 2. The fraction of sp³-hybridized carbons (Fsp3) is 0.423. The van der Waals surface area contributed by atoms with Gasteiger partial charge in [0.1, 0.15) is 6.33 Å². The van der Waals surface area contributed by atoms with E-state index in [1.54, 1.807) is 24.3 Å². The summed E-state index contributed by atoms with van der Waals surface area (Å²) < 4.78 is 1.51. The molecule has 1 heterocycles. The van der Waals surface area contributed by atoms with E-state index in [1.807, 2.05) is 0 Å². The van der Waals surface area contributed by atoms with Crippen molar-refractivity contribution in [1.29, 1.82) is 0 Å². The predicted octanol–water partition coefficient (Wildman–Crippen LogP) is 3.27. The second-order valence-electron chi connectivity index (χ2n) is 10.6. The van der Waals surface area contributed by atoms with Crippen molar-refractivity contribution in [2.75, 3.05) is 0 Å². The van der Waals surface area contributed by atoms with Gasteiger partial charge in [0, 0.05) is 5.56 Å². The molecule has 4 saturated carbocycles. The lowest BCUT2D eigenvalue weighted by molar-refractivity contribution is -0.149. The first kappa shape index (κ1) is 21.0. The van der Waals surface area contributed by atoms with E-state index in [1.165, 1.54) is 41.4 Å². The number of tetrazole rings is 1. The zero-order valence-electron chi connectivity index (χ0n) is 19.2. The fourth-order valence-electron chi connectivity index (χ4n) is 7.14. The Labute approximate surface area is 198 Å². The van der Waals surface area contributed by atoms with Gasteiger partial charge in [0.25, 0.3) is 5.91 Å². The van der Waals surface area contributed by atoms with Crippen LogP contribution in [0.2, 0.25) is 0 Å². The summed E-state index contributed by atoms with van der Waals surface area (Å²) in [5, 5.41) is 11.1. The van der Waals surface area contributed by atoms with Crippen molar-refractivity contribution in [3.05, 3.63) is 71.5 Å². The zero-order chi connectivity index (χ0) is 23.3. The molecule has 2 unspecified atom stereocenters. The summed E-state index contributed by atoms with van der Waals surface area (Å²) in [5.41, 5.74) is 8.94. The van der Waals surface area contributed by atoms with E-state index in [0.29, 0.717) is 17.4 Å². The van der Waals surface area contributed by atoms with Gasteiger partial charge < -0.3 is 0 Å². The first-order valence-corrected chi connectivity index (χ1v) is 12.0. The highest BCUT2D eigenvalue weighted by atomic mass is 16.2. The maximum absolute atomic E-state index is 13.5. The Morgan fingerprint density at radius 2 is 1.65 bits per heavy atom. The van der Waals surface area contributed by atoms with E-state index < -0.39 is 5.41 Å². The van der Waals surface area contributed by atoms with E-state index >= 15 is 0 Å². The van der Waals surface area contributed by atoms with Gasteiger partial charge in [-0.1, -0.05) is 29.8 Å². The molecule has 2 atom stereocenters. The van der Waals surface area contributed by atoms with Gasteiger partial charge in [0.05, 0.1) is 11.1 Å². The van der Waals surface area contributed by atoms with Gasteiger partial charge in [0.15, 0.2) is 0 Å². The van der Waals surface area contributed by atoms with E-state index in [2.05, 4.69) is 57.6 Å². The maximum Gasteiger partial charge on any atom is 0.269 e. The molecule has 1 aromatic heterocycles. The van der Waals surface area contributed by atoms with Crippen LogP contribution in [-0.2, 0) is 10.2 Å². The van der Waals surface area contributed by atoms with Crippen molar-refractivity contribution < 1.29 is 9.59 Å². The molecule has 0 aliphatic heterocycles. The van der Waals surface area contributed by atoms with Crippen molar-refractivity contribution in [3.63, 3.8) is 0 Å². The number of aromatic nitrogens is 4. The van der Waals surface area contributed by atoms with Crippen molar-refractivity contribution >= 4 is 11.8 Å². The van der Waals surface area contributed by atoms with Gasteiger partial charge in [-0.25, -0.2) is 4.68 Å². The lowest BCUT2D eigenvalue weighted by atomic mass is 9.42. The lowest BCUT2D eigenvalue weighted by Gasteiger charge is -2.61. The zero-order valence-corrected chi connectivity index (χ0v) is 19.2. The molecule has 4 aliphatic carbocycles. The van der Waals surface area contributed by atoms with Gasteiger partial charge in [-0.2, -0.15) is 0 Å². The van der Waals surface area contributed by atoms with Crippen molar-refractivity contribution in [2.45, 2.75) is 50.9 Å². The number of nitrogens with one attached hydrogen (secondary N) is 2. The maximum atomic E-state index is 13.5. The molecule has 8 nitrogen and oxygen atoms in total. The molecule has 2 aromatic carbocycles. The third-order valence-electron chi connectivity index (χ3n) is 8.24. The van der Waals surface area contributed by atoms with E-state index in [-0.39, 0.29) is 17.2 Å². The third kappa shape index (κ3) is 3.48. The van der Waals surface area contributed by atoms with Gasteiger partial charge in [0.2, 0.25) is 5.91 Å². The molecule has 2 amide bonds. The topological polar surface area (TPSA) is 102 Å². The Morgan fingerprint density at radius 3 is 2.29 bits per heavy atom. The third-order valence-corrected chi connectivity index (χ3v) is 8.24. The van der Waals surface area contributed by atoms with Crippen LogP contribution in [0.5, 0.6) is 0 Å². The van der Waals surface area contributed by atoms with Gasteiger partial charge in [-0.05, 0) is 103 Å². The molecule has 34 heavy (non-hydrogen) atoms. The minimum Gasteiger partial charge on any atom is -0.273 e. The normalized spacial score (nSPS) is 29.1. The summed E-state index contributed by atoms with van der Waals surface area (Å²) in [7, 11) is 0. The molecule has 2 N–H and O–H groups in total. The number of nitrogens with zero attached hydrogens (tertiary/aromatic N) is 4. The SMILES string of the molecule is Cc1ccc(C23CC4CC(CC(C(=O)NNC(=O)c5ccc(-n6cnnn6)cc5)(C4)C2)C3)cc1. The quantitative estimate of drug-likeness (QED) is 0.587. The highest BCUT2D eigenvalue weighted by molar-refractivity contribution is 5.96. The van der Waals surface area contributed by atoms with Gasteiger partial charge >= 0.3 is 0 Å². The Kier molecular flexibility index (Phi) is 4.79. The number of benzene rings is 2. The molecule has 4 bridgehead atoms. The number of hydrazine groups is 1. The summed E-state index contributed by atoms with van der Waals surface area (Å²) in [5.74, 6) is 0.761.